The van der Waals surface area contributed by atoms with Gasteiger partial charge in [0.15, 0.2) is 11.9 Å². The van der Waals surface area contributed by atoms with Crippen LogP contribution in [0.1, 0.15) is 22.1 Å². The maximum absolute atomic E-state index is 13.6. The summed E-state index contributed by atoms with van der Waals surface area (Å²) in [6.45, 7) is 0. The highest BCUT2D eigenvalue weighted by Gasteiger charge is 2.31. The number of amides is 1. The van der Waals surface area contributed by atoms with Crippen LogP contribution in [-0.4, -0.2) is 36.6 Å². The van der Waals surface area contributed by atoms with Crippen molar-refractivity contribution in [3.8, 4) is 17.0 Å². The summed E-state index contributed by atoms with van der Waals surface area (Å²) < 4.78 is 10.6. The molecule has 0 aliphatic carbocycles. The maximum Gasteiger partial charge on any atom is 0.339 e. The lowest BCUT2D eigenvalue weighted by Crippen LogP contribution is -2.38. The standard InChI is InChI=1S/C25H21N3O4.H2O/c1-31-23-20(24(29)28-22(25(30)32-2)19-14-8-9-15-26-19)17-12-6-7-13-18(17)27-21(23)16-10-4-3-5-11-16;/h3-15,22H,1-2H3,(H,28,29);1H2. The average Bonchev–Trinajstić information content (AvgIpc) is 2.86. The third kappa shape index (κ3) is 4.65. The number of carbonyl (C=O) groups is 2. The van der Waals surface area contributed by atoms with Crippen molar-refractivity contribution in [2.45, 2.75) is 6.04 Å². The normalized spacial score (nSPS) is 11.2. The van der Waals surface area contributed by atoms with E-state index in [1.807, 2.05) is 48.5 Å². The molecule has 0 saturated heterocycles. The van der Waals surface area contributed by atoms with E-state index < -0.39 is 17.9 Å². The van der Waals surface area contributed by atoms with Crippen LogP contribution in [0, 0.1) is 0 Å². The van der Waals surface area contributed by atoms with E-state index in [0.717, 1.165) is 5.56 Å². The number of hydrogen-bond donors (Lipinski definition) is 1. The Kier molecular flexibility index (Phi) is 7.32. The second-order valence-electron chi connectivity index (χ2n) is 7.00. The van der Waals surface area contributed by atoms with E-state index >= 15 is 0 Å². The van der Waals surface area contributed by atoms with Crippen LogP contribution in [0.15, 0.2) is 79.0 Å². The average molecular weight is 445 g/mol. The van der Waals surface area contributed by atoms with Gasteiger partial charge in [0, 0.05) is 23.1 Å². The van der Waals surface area contributed by atoms with Gasteiger partial charge in [0.1, 0.15) is 5.69 Å². The summed E-state index contributed by atoms with van der Waals surface area (Å²) in [4.78, 5) is 33.8. The molecule has 2 aromatic heterocycles. The zero-order valence-corrected chi connectivity index (χ0v) is 18.1. The Morgan fingerprint density at radius 2 is 1.64 bits per heavy atom. The van der Waals surface area contributed by atoms with Gasteiger partial charge in [0.2, 0.25) is 11.7 Å². The van der Waals surface area contributed by atoms with Gasteiger partial charge in [-0.15, -0.1) is 0 Å². The predicted molar refractivity (Wildman–Crippen MR) is 121 cm³/mol. The molecule has 168 valence electrons. The van der Waals surface area contributed by atoms with E-state index in [0.29, 0.717) is 33.6 Å². The first-order valence-electron chi connectivity index (χ1n) is 10.0. The van der Waals surface area contributed by atoms with Gasteiger partial charge < -0.3 is 20.3 Å². The van der Waals surface area contributed by atoms with Gasteiger partial charge in [-0.05, 0) is 6.07 Å². The summed E-state index contributed by atoms with van der Waals surface area (Å²) in [5, 5.41) is 3.41. The van der Waals surface area contributed by atoms with Crippen molar-refractivity contribution < 1.29 is 29.5 Å². The van der Waals surface area contributed by atoms with Crippen LogP contribution >= 0.6 is 0 Å². The number of carbonyl (C=O) groups excluding carboxylic acids is 2. The van der Waals surface area contributed by atoms with E-state index in [1.165, 1.54) is 14.2 Å². The Balaban J connectivity index is 0.00000306. The van der Waals surface area contributed by atoms with Crippen LogP contribution in [-0.2, 0) is 9.53 Å². The second-order valence-corrected chi connectivity index (χ2v) is 7.00. The highest BCUT2D eigenvalue weighted by atomic mass is 16.5. The molecule has 3 N–H and O–H groups in total. The van der Waals surface area contributed by atoms with Crippen molar-refractivity contribution in [2.24, 2.45) is 0 Å². The summed E-state index contributed by atoms with van der Waals surface area (Å²) in [5.74, 6) is -0.750. The molecular formula is C25H23N3O5. The number of pyridine rings is 2. The summed E-state index contributed by atoms with van der Waals surface area (Å²) in [6, 6.07) is 21.0. The predicted octanol–water partition coefficient (Wildman–Crippen LogP) is 3.19. The van der Waals surface area contributed by atoms with Gasteiger partial charge in [-0.2, -0.15) is 0 Å². The molecule has 33 heavy (non-hydrogen) atoms. The quantitative estimate of drug-likeness (QED) is 0.455. The number of esters is 1. The molecular weight excluding hydrogens is 422 g/mol. The number of para-hydroxylation sites is 1. The summed E-state index contributed by atoms with van der Waals surface area (Å²) in [7, 11) is 2.78. The van der Waals surface area contributed by atoms with Crippen LogP contribution in [0.2, 0.25) is 0 Å². The van der Waals surface area contributed by atoms with E-state index in [-0.39, 0.29) is 5.48 Å². The highest BCUT2D eigenvalue weighted by molar-refractivity contribution is 6.11. The fourth-order valence-corrected chi connectivity index (χ4v) is 3.58. The lowest BCUT2D eigenvalue weighted by atomic mass is 10.0. The highest BCUT2D eigenvalue weighted by Crippen LogP contribution is 2.36. The van der Waals surface area contributed by atoms with E-state index in [4.69, 9.17) is 14.5 Å². The van der Waals surface area contributed by atoms with Crippen LogP contribution in [0.3, 0.4) is 0 Å². The molecule has 0 spiro atoms. The minimum Gasteiger partial charge on any atom is -0.870 e. The third-order valence-corrected chi connectivity index (χ3v) is 5.08. The SMILES string of the molecule is COC(=O)C(NC(=O)c1c(OC)c(-c2ccccc2)nc2ccccc12)c1cccc[nH+]1.[OH-]. The summed E-state index contributed by atoms with van der Waals surface area (Å²) in [6.07, 6.45) is 1.67. The summed E-state index contributed by atoms with van der Waals surface area (Å²) >= 11 is 0. The number of H-pyrrole nitrogens is 1. The molecule has 2 aromatic carbocycles. The van der Waals surface area contributed by atoms with Crippen molar-refractivity contribution >= 4 is 22.8 Å². The molecule has 0 bridgehead atoms. The largest absolute Gasteiger partial charge is 0.870 e. The molecule has 0 radical (unpaired) electrons. The van der Waals surface area contributed by atoms with Crippen molar-refractivity contribution in [2.75, 3.05) is 14.2 Å². The Bertz CT molecular complexity index is 1260. The molecule has 0 aliphatic heterocycles. The van der Waals surface area contributed by atoms with Crippen molar-refractivity contribution in [3.63, 3.8) is 0 Å². The van der Waals surface area contributed by atoms with Crippen LogP contribution < -0.4 is 15.0 Å². The van der Waals surface area contributed by atoms with Crippen molar-refractivity contribution in [3.05, 3.63) is 90.3 Å². The van der Waals surface area contributed by atoms with Gasteiger partial charge in [0.25, 0.3) is 5.91 Å². The number of hydrogen-bond acceptors (Lipinski definition) is 6. The van der Waals surface area contributed by atoms with Gasteiger partial charge in [0.05, 0.1) is 25.3 Å². The lowest BCUT2D eigenvalue weighted by Gasteiger charge is -2.18. The number of nitrogens with zero attached hydrogens (tertiary/aromatic N) is 1. The fraction of sp³-hybridized carbons (Fsp3) is 0.120. The van der Waals surface area contributed by atoms with Crippen molar-refractivity contribution in [1.82, 2.24) is 10.3 Å². The molecule has 4 aromatic rings. The first-order valence-corrected chi connectivity index (χ1v) is 10.0. The van der Waals surface area contributed by atoms with E-state index in [9.17, 15) is 9.59 Å². The molecule has 8 heteroatoms. The van der Waals surface area contributed by atoms with Crippen molar-refractivity contribution in [1.29, 1.82) is 0 Å². The van der Waals surface area contributed by atoms with Crippen LogP contribution in [0.4, 0.5) is 0 Å². The van der Waals surface area contributed by atoms with Gasteiger partial charge in [-0.25, -0.2) is 14.8 Å². The number of nitrogens with one attached hydrogen (secondary N) is 2. The number of benzene rings is 2. The first kappa shape index (κ1) is 23.4. The summed E-state index contributed by atoms with van der Waals surface area (Å²) in [5.41, 5.74) is 2.77. The molecule has 0 aliphatic rings. The molecule has 1 unspecified atom stereocenters. The first-order chi connectivity index (χ1) is 15.6. The van der Waals surface area contributed by atoms with E-state index in [2.05, 4.69) is 10.3 Å². The van der Waals surface area contributed by atoms with Gasteiger partial charge >= 0.3 is 5.97 Å². The zero-order chi connectivity index (χ0) is 22.5. The number of fused-ring (bicyclic) bond motifs is 1. The molecule has 0 fully saturated rings. The Labute approximate surface area is 190 Å². The number of aromatic nitrogens is 2. The minimum atomic E-state index is -1.02. The van der Waals surface area contributed by atoms with Crippen LogP contribution in [0.25, 0.3) is 22.2 Å². The Morgan fingerprint density at radius 3 is 2.30 bits per heavy atom. The minimum absolute atomic E-state index is 0. The van der Waals surface area contributed by atoms with Gasteiger partial charge in [-0.1, -0.05) is 54.6 Å². The monoisotopic (exact) mass is 445 g/mol. The molecule has 8 nitrogen and oxygen atoms in total. The molecule has 0 saturated carbocycles. The van der Waals surface area contributed by atoms with Crippen LogP contribution in [0.5, 0.6) is 5.75 Å². The zero-order valence-electron chi connectivity index (χ0n) is 18.1. The third-order valence-electron chi connectivity index (χ3n) is 5.08. The smallest absolute Gasteiger partial charge is 0.339 e. The molecule has 1 amide bonds. The Hall–Kier alpha value is -4.30. The second kappa shape index (κ2) is 10.3. The van der Waals surface area contributed by atoms with E-state index in [1.54, 1.807) is 30.5 Å². The Morgan fingerprint density at radius 1 is 0.939 bits per heavy atom. The molecule has 4 rings (SSSR count). The maximum atomic E-state index is 13.6. The molecule has 1 atom stereocenters. The number of rotatable bonds is 6. The lowest BCUT2D eigenvalue weighted by molar-refractivity contribution is -0.392. The van der Waals surface area contributed by atoms with Gasteiger partial charge in [-0.3, -0.25) is 4.79 Å². The molecule has 2 heterocycles. The number of aromatic amines is 1. The topological polar surface area (TPSA) is 122 Å². The number of methoxy groups -OCH3 is 2. The fourth-order valence-electron chi connectivity index (χ4n) is 3.58. The number of ether oxygens (including phenoxy) is 2.